The summed E-state index contributed by atoms with van der Waals surface area (Å²) in [5.74, 6) is -0.826. The third-order valence-corrected chi connectivity index (χ3v) is 6.43. The Hall–Kier alpha value is -4.41. The standard InChI is InChI=1S/C25H25N5O6/c31-22(18-4-14-35-16-18)27-6-10-29(11-7-27)24(33)20-2-1-3-21(26-20)25(34)30-12-8-28(9-13-30)23(32)19-5-15-36-17-19/h1-5,14-17H,6-13H2. The summed E-state index contributed by atoms with van der Waals surface area (Å²) in [5.41, 5.74) is 1.33. The average molecular weight is 492 g/mol. The summed E-state index contributed by atoms with van der Waals surface area (Å²) in [7, 11) is 0. The third kappa shape index (κ3) is 4.72. The lowest BCUT2D eigenvalue weighted by molar-refractivity contribution is 0.0523. The van der Waals surface area contributed by atoms with E-state index in [0.29, 0.717) is 63.5 Å². The quantitative estimate of drug-likeness (QED) is 0.542. The molecule has 0 saturated carbocycles. The van der Waals surface area contributed by atoms with Gasteiger partial charge in [0.15, 0.2) is 0 Å². The predicted octanol–water partition coefficient (Wildman–Crippen LogP) is 1.46. The van der Waals surface area contributed by atoms with E-state index < -0.39 is 0 Å². The van der Waals surface area contributed by atoms with Crippen LogP contribution in [0.3, 0.4) is 0 Å². The van der Waals surface area contributed by atoms with E-state index >= 15 is 0 Å². The topological polar surface area (TPSA) is 120 Å². The van der Waals surface area contributed by atoms with Gasteiger partial charge in [-0.05, 0) is 24.3 Å². The molecular formula is C25H25N5O6. The number of amides is 4. The van der Waals surface area contributed by atoms with Gasteiger partial charge in [-0.15, -0.1) is 0 Å². The van der Waals surface area contributed by atoms with Crippen LogP contribution >= 0.6 is 0 Å². The molecule has 0 bridgehead atoms. The summed E-state index contributed by atoms with van der Waals surface area (Å²) in [6, 6.07) is 8.05. The van der Waals surface area contributed by atoms with E-state index in [2.05, 4.69) is 4.98 Å². The molecule has 2 aliphatic rings. The highest BCUT2D eigenvalue weighted by Gasteiger charge is 2.29. The molecule has 2 saturated heterocycles. The molecule has 3 aromatic heterocycles. The van der Waals surface area contributed by atoms with Gasteiger partial charge in [-0.1, -0.05) is 6.07 Å². The van der Waals surface area contributed by atoms with Gasteiger partial charge in [0.25, 0.3) is 23.6 Å². The lowest BCUT2D eigenvalue weighted by Crippen LogP contribution is -2.51. The van der Waals surface area contributed by atoms with E-state index in [4.69, 9.17) is 8.83 Å². The lowest BCUT2D eigenvalue weighted by atomic mass is 10.2. The van der Waals surface area contributed by atoms with Crippen molar-refractivity contribution in [2.75, 3.05) is 52.4 Å². The van der Waals surface area contributed by atoms with Gasteiger partial charge < -0.3 is 28.4 Å². The lowest BCUT2D eigenvalue weighted by Gasteiger charge is -2.35. The highest BCUT2D eigenvalue weighted by Crippen LogP contribution is 2.14. The predicted molar refractivity (Wildman–Crippen MR) is 125 cm³/mol. The van der Waals surface area contributed by atoms with Crippen LogP contribution in [0.1, 0.15) is 41.7 Å². The fourth-order valence-electron chi connectivity index (χ4n) is 4.36. The maximum absolute atomic E-state index is 13.1. The minimum Gasteiger partial charge on any atom is -0.472 e. The summed E-state index contributed by atoms with van der Waals surface area (Å²) in [6.45, 7) is 3.08. The van der Waals surface area contributed by atoms with Gasteiger partial charge in [-0.25, -0.2) is 4.98 Å². The van der Waals surface area contributed by atoms with Gasteiger partial charge in [0.05, 0.1) is 23.7 Å². The molecule has 11 heteroatoms. The Bertz CT molecular complexity index is 1150. The second-order valence-corrected chi connectivity index (χ2v) is 8.60. The Morgan fingerprint density at radius 2 is 0.917 bits per heavy atom. The summed E-state index contributed by atoms with van der Waals surface area (Å²) in [6.07, 6.45) is 5.72. The van der Waals surface area contributed by atoms with Gasteiger partial charge in [-0.3, -0.25) is 19.2 Å². The molecule has 5 heterocycles. The molecule has 186 valence electrons. The van der Waals surface area contributed by atoms with Crippen molar-refractivity contribution in [3.05, 3.63) is 77.9 Å². The number of aromatic nitrogens is 1. The molecule has 2 aliphatic heterocycles. The van der Waals surface area contributed by atoms with Crippen LogP contribution in [0.5, 0.6) is 0 Å². The van der Waals surface area contributed by atoms with Crippen molar-refractivity contribution in [1.29, 1.82) is 0 Å². The first-order valence-corrected chi connectivity index (χ1v) is 11.7. The molecule has 0 atom stereocenters. The zero-order valence-electron chi connectivity index (χ0n) is 19.5. The molecule has 4 amide bonds. The number of hydrogen-bond donors (Lipinski definition) is 0. The molecule has 5 rings (SSSR count). The molecule has 2 fully saturated rings. The van der Waals surface area contributed by atoms with Crippen LogP contribution in [0.4, 0.5) is 0 Å². The number of piperazine rings is 2. The number of nitrogens with zero attached hydrogens (tertiary/aromatic N) is 5. The number of carbonyl (C=O) groups is 4. The van der Waals surface area contributed by atoms with Crippen molar-refractivity contribution in [3.63, 3.8) is 0 Å². The first-order valence-electron chi connectivity index (χ1n) is 11.7. The second kappa shape index (κ2) is 10.1. The summed E-state index contributed by atoms with van der Waals surface area (Å²) in [5, 5.41) is 0. The molecule has 0 unspecified atom stereocenters. The normalized spacial score (nSPS) is 16.2. The van der Waals surface area contributed by atoms with Crippen LogP contribution in [0.15, 0.2) is 64.2 Å². The first kappa shape index (κ1) is 23.3. The van der Waals surface area contributed by atoms with Gasteiger partial charge >= 0.3 is 0 Å². The summed E-state index contributed by atoms with van der Waals surface area (Å²) >= 11 is 0. The third-order valence-electron chi connectivity index (χ3n) is 6.43. The van der Waals surface area contributed by atoms with E-state index in [-0.39, 0.29) is 35.0 Å². The Balaban J connectivity index is 1.17. The van der Waals surface area contributed by atoms with E-state index in [0.717, 1.165) is 0 Å². The van der Waals surface area contributed by atoms with Crippen molar-refractivity contribution in [2.45, 2.75) is 0 Å². The zero-order valence-corrected chi connectivity index (χ0v) is 19.5. The molecular weight excluding hydrogens is 466 g/mol. The van der Waals surface area contributed by atoms with E-state index in [1.807, 2.05) is 0 Å². The smallest absolute Gasteiger partial charge is 0.272 e. The second-order valence-electron chi connectivity index (χ2n) is 8.60. The molecule has 36 heavy (non-hydrogen) atoms. The fourth-order valence-corrected chi connectivity index (χ4v) is 4.36. The largest absolute Gasteiger partial charge is 0.472 e. The Kier molecular flexibility index (Phi) is 6.52. The van der Waals surface area contributed by atoms with Crippen molar-refractivity contribution < 1.29 is 28.0 Å². The molecule has 0 aliphatic carbocycles. The van der Waals surface area contributed by atoms with Crippen LogP contribution in [0.25, 0.3) is 0 Å². The number of pyridine rings is 1. The van der Waals surface area contributed by atoms with Gasteiger partial charge in [0.1, 0.15) is 23.9 Å². The number of hydrogen-bond acceptors (Lipinski definition) is 7. The van der Waals surface area contributed by atoms with Gasteiger partial charge in [0.2, 0.25) is 0 Å². The molecule has 0 spiro atoms. The van der Waals surface area contributed by atoms with Crippen LogP contribution in [-0.4, -0.2) is 101 Å². The van der Waals surface area contributed by atoms with E-state index in [1.165, 1.54) is 25.1 Å². The Morgan fingerprint density at radius 1 is 0.556 bits per heavy atom. The molecule has 0 aromatic carbocycles. The van der Waals surface area contributed by atoms with E-state index in [1.54, 1.807) is 49.9 Å². The fraction of sp³-hybridized carbons (Fsp3) is 0.320. The monoisotopic (exact) mass is 491 g/mol. The van der Waals surface area contributed by atoms with Crippen LogP contribution in [-0.2, 0) is 0 Å². The van der Waals surface area contributed by atoms with Gasteiger partial charge in [-0.2, -0.15) is 0 Å². The number of rotatable bonds is 4. The summed E-state index contributed by atoms with van der Waals surface area (Å²) in [4.78, 5) is 62.0. The number of carbonyl (C=O) groups excluding carboxylic acids is 4. The molecule has 0 N–H and O–H groups in total. The zero-order chi connectivity index (χ0) is 25.1. The van der Waals surface area contributed by atoms with Crippen LogP contribution in [0, 0.1) is 0 Å². The van der Waals surface area contributed by atoms with Gasteiger partial charge in [0, 0.05) is 52.4 Å². The van der Waals surface area contributed by atoms with Crippen molar-refractivity contribution in [3.8, 4) is 0 Å². The molecule has 3 aromatic rings. The molecule has 0 radical (unpaired) electrons. The maximum Gasteiger partial charge on any atom is 0.272 e. The highest BCUT2D eigenvalue weighted by atomic mass is 16.3. The van der Waals surface area contributed by atoms with Crippen molar-refractivity contribution in [1.82, 2.24) is 24.6 Å². The minimum absolute atomic E-state index is 0.131. The molecule has 11 nitrogen and oxygen atoms in total. The average Bonchev–Trinajstić information content (AvgIpc) is 3.67. The SMILES string of the molecule is O=C(c1ccoc1)N1CCN(C(=O)c2cccc(C(=O)N3CCN(C(=O)c4ccoc4)CC3)n2)CC1. The first-order chi connectivity index (χ1) is 17.5. The van der Waals surface area contributed by atoms with Crippen molar-refractivity contribution in [2.24, 2.45) is 0 Å². The Labute approximate surface area is 206 Å². The van der Waals surface area contributed by atoms with Crippen LogP contribution < -0.4 is 0 Å². The minimum atomic E-state index is -0.282. The highest BCUT2D eigenvalue weighted by molar-refractivity contribution is 5.97. The van der Waals surface area contributed by atoms with Crippen molar-refractivity contribution >= 4 is 23.6 Å². The van der Waals surface area contributed by atoms with Crippen LogP contribution in [0.2, 0.25) is 0 Å². The Morgan fingerprint density at radius 3 is 1.25 bits per heavy atom. The van der Waals surface area contributed by atoms with E-state index in [9.17, 15) is 19.2 Å². The summed E-state index contributed by atoms with van der Waals surface area (Å²) < 4.78 is 9.95. The number of furan rings is 2. The maximum atomic E-state index is 13.1.